The number of hydrogen-bond donors (Lipinski definition) is 0. The Hall–Kier alpha value is -1.86. The summed E-state index contributed by atoms with van der Waals surface area (Å²) in [5.41, 5.74) is 0. The van der Waals surface area contributed by atoms with Gasteiger partial charge in [0.25, 0.3) is 5.91 Å². The lowest BCUT2D eigenvalue weighted by Gasteiger charge is -2.37. The SMILES string of the molecule is O=C(c1ccc(CSc2ncccn2)o1)N1CCN2CCC[C@@H]2C1. The highest BCUT2D eigenvalue weighted by molar-refractivity contribution is 7.98. The molecule has 0 bridgehead atoms. The van der Waals surface area contributed by atoms with Crippen molar-refractivity contribution in [2.45, 2.75) is 29.8 Å². The predicted octanol–water partition coefficient (Wildman–Crippen LogP) is 2.28. The molecule has 4 heterocycles. The zero-order valence-corrected chi connectivity index (χ0v) is 14.2. The Balaban J connectivity index is 1.36. The summed E-state index contributed by atoms with van der Waals surface area (Å²) in [6.45, 7) is 3.76. The number of carbonyl (C=O) groups excluding carboxylic acids is 1. The van der Waals surface area contributed by atoms with Gasteiger partial charge in [0.2, 0.25) is 0 Å². The molecular formula is C17H20N4O2S. The van der Waals surface area contributed by atoms with E-state index in [9.17, 15) is 4.79 Å². The number of hydrogen-bond acceptors (Lipinski definition) is 6. The molecule has 2 aromatic heterocycles. The van der Waals surface area contributed by atoms with Gasteiger partial charge in [0.05, 0.1) is 5.75 Å². The van der Waals surface area contributed by atoms with Crippen molar-refractivity contribution in [3.63, 3.8) is 0 Å². The van der Waals surface area contributed by atoms with Gasteiger partial charge in [-0.3, -0.25) is 9.69 Å². The molecule has 2 aliphatic rings. The van der Waals surface area contributed by atoms with Gasteiger partial charge in [0, 0.05) is 38.1 Å². The van der Waals surface area contributed by atoms with E-state index >= 15 is 0 Å². The maximum Gasteiger partial charge on any atom is 0.289 e. The van der Waals surface area contributed by atoms with Crippen molar-refractivity contribution in [3.8, 4) is 0 Å². The zero-order chi connectivity index (χ0) is 16.4. The second kappa shape index (κ2) is 6.94. The average Bonchev–Trinajstić information content (AvgIpc) is 3.29. The minimum absolute atomic E-state index is 0.00811. The average molecular weight is 344 g/mol. The topological polar surface area (TPSA) is 62.5 Å². The van der Waals surface area contributed by atoms with Gasteiger partial charge in [-0.05, 0) is 37.6 Å². The van der Waals surface area contributed by atoms with Gasteiger partial charge in [-0.15, -0.1) is 0 Å². The summed E-state index contributed by atoms with van der Waals surface area (Å²) in [6.07, 6.45) is 5.88. The van der Waals surface area contributed by atoms with Gasteiger partial charge in [0.15, 0.2) is 10.9 Å². The van der Waals surface area contributed by atoms with Crippen LogP contribution in [0.25, 0.3) is 0 Å². The molecular weight excluding hydrogens is 324 g/mol. The van der Waals surface area contributed by atoms with Crippen molar-refractivity contribution in [3.05, 3.63) is 42.1 Å². The number of fused-ring (bicyclic) bond motifs is 1. The van der Waals surface area contributed by atoms with Gasteiger partial charge in [-0.2, -0.15) is 0 Å². The molecule has 7 heteroatoms. The number of aromatic nitrogens is 2. The van der Waals surface area contributed by atoms with Crippen LogP contribution in [0.1, 0.15) is 29.2 Å². The second-order valence-corrected chi connectivity index (χ2v) is 7.11. The first-order valence-electron chi connectivity index (χ1n) is 8.31. The number of carbonyl (C=O) groups is 1. The summed E-state index contributed by atoms with van der Waals surface area (Å²) >= 11 is 1.50. The van der Waals surface area contributed by atoms with Gasteiger partial charge < -0.3 is 9.32 Å². The molecule has 0 saturated carbocycles. The molecule has 2 fully saturated rings. The molecule has 2 aromatic rings. The van der Waals surface area contributed by atoms with Crippen LogP contribution in [0.3, 0.4) is 0 Å². The van der Waals surface area contributed by atoms with Crippen LogP contribution in [0.4, 0.5) is 0 Å². The normalized spacial score (nSPS) is 21.0. The Morgan fingerprint density at radius 1 is 1.25 bits per heavy atom. The molecule has 0 aromatic carbocycles. The molecule has 4 rings (SSSR count). The smallest absolute Gasteiger partial charge is 0.289 e. The van der Waals surface area contributed by atoms with E-state index < -0.39 is 0 Å². The standard InChI is InChI=1S/C17H20N4O2S/c22-16(21-10-9-20-8-1-3-13(20)11-21)15-5-4-14(23-15)12-24-17-18-6-2-7-19-17/h2,4-7,13H,1,3,8-12H2/t13-/m1/s1. The summed E-state index contributed by atoms with van der Waals surface area (Å²) < 4.78 is 5.75. The van der Waals surface area contributed by atoms with Crippen molar-refractivity contribution in [2.75, 3.05) is 26.2 Å². The maximum absolute atomic E-state index is 12.7. The minimum atomic E-state index is 0.00811. The number of furan rings is 1. The van der Waals surface area contributed by atoms with E-state index in [2.05, 4.69) is 14.9 Å². The molecule has 2 saturated heterocycles. The van der Waals surface area contributed by atoms with Crippen molar-refractivity contribution in [1.82, 2.24) is 19.8 Å². The maximum atomic E-state index is 12.7. The molecule has 24 heavy (non-hydrogen) atoms. The summed E-state index contributed by atoms with van der Waals surface area (Å²) in [4.78, 5) is 25.4. The molecule has 0 aliphatic carbocycles. The minimum Gasteiger partial charge on any atom is -0.455 e. The zero-order valence-electron chi connectivity index (χ0n) is 13.4. The lowest BCUT2D eigenvalue weighted by molar-refractivity contribution is 0.0540. The first kappa shape index (κ1) is 15.7. The highest BCUT2D eigenvalue weighted by Gasteiger charge is 2.33. The molecule has 1 atom stereocenters. The quantitative estimate of drug-likeness (QED) is 0.626. The second-order valence-electron chi connectivity index (χ2n) is 6.17. The summed E-state index contributed by atoms with van der Waals surface area (Å²) in [5, 5.41) is 0.708. The molecule has 0 N–H and O–H groups in total. The number of nitrogens with zero attached hydrogens (tertiary/aromatic N) is 4. The third-order valence-electron chi connectivity index (χ3n) is 4.63. The van der Waals surface area contributed by atoms with E-state index in [1.165, 1.54) is 31.1 Å². The molecule has 126 valence electrons. The Morgan fingerprint density at radius 3 is 3.00 bits per heavy atom. The number of rotatable bonds is 4. The van der Waals surface area contributed by atoms with Crippen LogP contribution in [-0.4, -0.2) is 57.9 Å². The molecule has 6 nitrogen and oxygen atoms in total. The number of thioether (sulfide) groups is 1. The van der Waals surface area contributed by atoms with Gasteiger partial charge in [-0.1, -0.05) is 11.8 Å². The van der Waals surface area contributed by atoms with E-state index in [1.807, 2.05) is 11.0 Å². The van der Waals surface area contributed by atoms with Crippen LogP contribution in [0.15, 0.2) is 40.2 Å². The Morgan fingerprint density at radius 2 is 2.12 bits per heavy atom. The fourth-order valence-electron chi connectivity index (χ4n) is 3.40. The summed E-state index contributed by atoms with van der Waals surface area (Å²) in [7, 11) is 0. The fourth-order valence-corrected chi connectivity index (χ4v) is 4.09. The Kier molecular flexibility index (Phi) is 4.53. The molecule has 2 aliphatic heterocycles. The highest BCUT2D eigenvalue weighted by atomic mass is 32.2. The van der Waals surface area contributed by atoms with Gasteiger partial charge in [-0.25, -0.2) is 9.97 Å². The van der Waals surface area contributed by atoms with Crippen LogP contribution in [0.5, 0.6) is 0 Å². The number of amides is 1. The Labute approximate surface area is 145 Å². The first-order chi connectivity index (χ1) is 11.8. The first-order valence-corrected chi connectivity index (χ1v) is 9.30. The largest absolute Gasteiger partial charge is 0.455 e. The monoisotopic (exact) mass is 344 g/mol. The van der Waals surface area contributed by atoms with Gasteiger partial charge in [0.1, 0.15) is 5.76 Å². The van der Waals surface area contributed by atoms with Crippen LogP contribution < -0.4 is 0 Å². The van der Waals surface area contributed by atoms with E-state index in [-0.39, 0.29) is 5.91 Å². The van der Waals surface area contributed by atoms with E-state index in [1.54, 1.807) is 24.5 Å². The van der Waals surface area contributed by atoms with Crippen molar-refractivity contribution >= 4 is 17.7 Å². The molecule has 0 unspecified atom stereocenters. The van der Waals surface area contributed by atoms with Crippen LogP contribution in [0, 0.1) is 0 Å². The van der Waals surface area contributed by atoms with E-state index in [0.717, 1.165) is 25.4 Å². The van der Waals surface area contributed by atoms with Gasteiger partial charge >= 0.3 is 0 Å². The van der Waals surface area contributed by atoms with Crippen molar-refractivity contribution < 1.29 is 9.21 Å². The fraction of sp³-hybridized carbons (Fsp3) is 0.471. The third kappa shape index (κ3) is 3.32. The predicted molar refractivity (Wildman–Crippen MR) is 90.8 cm³/mol. The molecule has 1 amide bonds. The molecule has 0 spiro atoms. The Bertz CT molecular complexity index is 706. The van der Waals surface area contributed by atoms with Crippen LogP contribution in [-0.2, 0) is 5.75 Å². The lowest BCUT2D eigenvalue weighted by Crippen LogP contribution is -2.51. The van der Waals surface area contributed by atoms with E-state index in [0.29, 0.717) is 22.7 Å². The summed E-state index contributed by atoms with van der Waals surface area (Å²) in [6, 6.07) is 5.97. The van der Waals surface area contributed by atoms with Crippen LogP contribution >= 0.6 is 11.8 Å². The van der Waals surface area contributed by atoms with Crippen molar-refractivity contribution in [2.24, 2.45) is 0 Å². The third-order valence-corrected chi connectivity index (χ3v) is 5.53. The summed E-state index contributed by atoms with van der Waals surface area (Å²) in [5.74, 6) is 1.84. The highest BCUT2D eigenvalue weighted by Crippen LogP contribution is 2.24. The molecule has 0 radical (unpaired) electrons. The number of piperazine rings is 1. The van der Waals surface area contributed by atoms with Crippen LogP contribution in [0.2, 0.25) is 0 Å². The van der Waals surface area contributed by atoms with Crippen molar-refractivity contribution in [1.29, 1.82) is 0 Å². The lowest BCUT2D eigenvalue weighted by atomic mass is 10.1. The van der Waals surface area contributed by atoms with E-state index in [4.69, 9.17) is 4.42 Å².